The molecule has 3 heteroatoms. The van der Waals surface area contributed by atoms with Gasteiger partial charge in [0, 0.05) is 5.41 Å². The molecule has 2 aromatic carbocycles. The third-order valence-electron chi connectivity index (χ3n) is 5.55. The number of carbonyl (C=O) groups is 1. The van der Waals surface area contributed by atoms with Crippen molar-refractivity contribution in [2.24, 2.45) is 5.92 Å². The van der Waals surface area contributed by atoms with E-state index in [1.165, 1.54) is 16.7 Å². The number of carboxylic acids is 1. The quantitative estimate of drug-likeness (QED) is 0.818. The molecule has 0 amide bonds. The van der Waals surface area contributed by atoms with Gasteiger partial charge in [-0.05, 0) is 60.9 Å². The number of fused-ring (bicyclic) bond motifs is 2. The van der Waals surface area contributed by atoms with Gasteiger partial charge in [-0.25, -0.2) is 0 Å². The molecule has 24 heavy (non-hydrogen) atoms. The fourth-order valence-corrected chi connectivity index (χ4v) is 4.13. The minimum Gasteiger partial charge on any atom is -0.494 e. The Morgan fingerprint density at radius 3 is 2.79 bits per heavy atom. The maximum absolute atomic E-state index is 11.3. The Balaban J connectivity index is 1.38. The first-order valence-electron chi connectivity index (χ1n) is 8.72. The molecule has 0 aromatic heterocycles. The van der Waals surface area contributed by atoms with E-state index in [4.69, 9.17) is 4.74 Å². The van der Waals surface area contributed by atoms with Gasteiger partial charge in [0.25, 0.3) is 0 Å². The van der Waals surface area contributed by atoms with Crippen molar-refractivity contribution < 1.29 is 14.6 Å². The fraction of sp³-hybridized carbons (Fsp3) is 0.381. The van der Waals surface area contributed by atoms with Gasteiger partial charge in [-0.1, -0.05) is 36.4 Å². The van der Waals surface area contributed by atoms with E-state index in [-0.39, 0.29) is 11.3 Å². The normalized spacial score (nSPS) is 23.9. The first-order valence-corrected chi connectivity index (χ1v) is 8.72. The van der Waals surface area contributed by atoms with Gasteiger partial charge in [0.2, 0.25) is 0 Å². The first-order chi connectivity index (χ1) is 11.7. The fourth-order valence-electron chi connectivity index (χ4n) is 4.13. The summed E-state index contributed by atoms with van der Waals surface area (Å²) in [5.41, 5.74) is 3.74. The molecule has 0 saturated heterocycles. The summed E-state index contributed by atoms with van der Waals surface area (Å²) >= 11 is 0. The lowest BCUT2D eigenvalue weighted by molar-refractivity contribution is -0.139. The molecule has 4 rings (SSSR count). The van der Waals surface area contributed by atoms with E-state index in [0.717, 1.165) is 37.9 Å². The van der Waals surface area contributed by atoms with Crippen molar-refractivity contribution in [3.8, 4) is 5.75 Å². The standard InChI is InChI=1S/C21H22O3/c22-20(23)19-14-21(19)11-10-16-8-9-17(13-18(16)21)24-12-4-7-15-5-2-1-3-6-15/h1-3,5-6,8-9,13,19H,4,7,10-12,14H2,(H,22,23)/t19-,21-/m0/s1. The number of aliphatic carboxylic acids is 1. The van der Waals surface area contributed by atoms with E-state index < -0.39 is 5.97 Å². The monoisotopic (exact) mass is 322 g/mol. The predicted molar refractivity (Wildman–Crippen MR) is 92.4 cm³/mol. The second kappa shape index (κ2) is 5.97. The summed E-state index contributed by atoms with van der Waals surface area (Å²) in [6, 6.07) is 16.7. The van der Waals surface area contributed by atoms with Gasteiger partial charge >= 0.3 is 5.97 Å². The van der Waals surface area contributed by atoms with E-state index in [1.54, 1.807) is 0 Å². The molecule has 0 aliphatic heterocycles. The molecule has 0 bridgehead atoms. The minimum atomic E-state index is -0.656. The van der Waals surface area contributed by atoms with Gasteiger partial charge in [-0.15, -0.1) is 0 Å². The van der Waals surface area contributed by atoms with Gasteiger partial charge in [0.15, 0.2) is 0 Å². The molecular formula is C21H22O3. The molecule has 2 aliphatic rings. The summed E-state index contributed by atoms with van der Waals surface area (Å²) in [5.74, 6) is 0.0169. The summed E-state index contributed by atoms with van der Waals surface area (Å²) in [5, 5.41) is 9.32. The van der Waals surface area contributed by atoms with Crippen molar-refractivity contribution >= 4 is 5.97 Å². The van der Waals surface area contributed by atoms with Crippen molar-refractivity contribution in [3.05, 3.63) is 65.2 Å². The van der Waals surface area contributed by atoms with Crippen LogP contribution in [0.3, 0.4) is 0 Å². The summed E-state index contributed by atoms with van der Waals surface area (Å²) in [7, 11) is 0. The Hall–Kier alpha value is -2.29. The minimum absolute atomic E-state index is 0.107. The van der Waals surface area contributed by atoms with Crippen LogP contribution in [-0.4, -0.2) is 17.7 Å². The van der Waals surface area contributed by atoms with Crippen LogP contribution in [0.2, 0.25) is 0 Å². The van der Waals surface area contributed by atoms with Crippen LogP contribution in [0.5, 0.6) is 5.75 Å². The van der Waals surface area contributed by atoms with E-state index in [2.05, 4.69) is 36.4 Å². The Bertz CT molecular complexity index is 753. The van der Waals surface area contributed by atoms with Gasteiger partial charge in [-0.2, -0.15) is 0 Å². The second-order valence-electron chi connectivity index (χ2n) is 7.01. The van der Waals surface area contributed by atoms with Crippen molar-refractivity contribution in [2.75, 3.05) is 6.61 Å². The lowest BCUT2D eigenvalue weighted by Gasteiger charge is -2.12. The Labute approximate surface area is 142 Å². The maximum Gasteiger partial charge on any atom is 0.307 e. The highest BCUT2D eigenvalue weighted by atomic mass is 16.5. The number of benzene rings is 2. The Kier molecular flexibility index (Phi) is 3.79. The van der Waals surface area contributed by atoms with Crippen LogP contribution in [0.1, 0.15) is 36.0 Å². The summed E-state index contributed by atoms with van der Waals surface area (Å²) in [4.78, 5) is 11.3. The molecule has 0 heterocycles. The van der Waals surface area contributed by atoms with Crippen molar-refractivity contribution in [2.45, 2.75) is 37.5 Å². The number of aryl methyl sites for hydroxylation is 2. The van der Waals surface area contributed by atoms with Gasteiger partial charge in [-0.3, -0.25) is 4.79 Å². The average Bonchev–Trinajstić information content (AvgIpc) is 3.24. The number of ether oxygens (including phenoxy) is 1. The molecule has 0 radical (unpaired) electrons. The molecule has 1 saturated carbocycles. The number of carboxylic acid groups (broad SMARTS) is 1. The van der Waals surface area contributed by atoms with E-state index in [9.17, 15) is 9.90 Å². The molecule has 1 spiro atoms. The third-order valence-corrected chi connectivity index (χ3v) is 5.55. The van der Waals surface area contributed by atoms with Gasteiger partial charge in [0.1, 0.15) is 5.75 Å². The second-order valence-corrected chi connectivity index (χ2v) is 7.01. The van der Waals surface area contributed by atoms with Crippen LogP contribution in [-0.2, 0) is 23.1 Å². The lowest BCUT2D eigenvalue weighted by atomic mass is 9.95. The SMILES string of the molecule is O=C(O)[C@@H]1C[C@]12CCc1ccc(OCCCc3ccccc3)cc12. The number of rotatable bonds is 6. The molecule has 2 aliphatic carbocycles. The highest BCUT2D eigenvalue weighted by molar-refractivity contribution is 5.78. The van der Waals surface area contributed by atoms with Crippen LogP contribution in [0.25, 0.3) is 0 Å². The third kappa shape index (κ3) is 2.68. The van der Waals surface area contributed by atoms with Crippen LogP contribution < -0.4 is 4.74 Å². The Morgan fingerprint density at radius 2 is 2.04 bits per heavy atom. The number of hydrogen-bond acceptors (Lipinski definition) is 2. The smallest absolute Gasteiger partial charge is 0.307 e. The zero-order valence-corrected chi connectivity index (χ0v) is 13.7. The van der Waals surface area contributed by atoms with Crippen LogP contribution in [0, 0.1) is 5.92 Å². The van der Waals surface area contributed by atoms with E-state index in [1.807, 2.05) is 12.1 Å². The maximum atomic E-state index is 11.3. The lowest BCUT2D eigenvalue weighted by Crippen LogP contribution is -2.11. The van der Waals surface area contributed by atoms with E-state index in [0.29, 0.717) is 6.61 Å². The van der Waals surface area contributed by atoms with Crippen LogP contribution in [0.4, 0.5) is 0 Å². The highest BCUT2D eigenvalue weighted by Crippen LogP contribution is 2.61. The largest absolute Gasteiger partial charge is 0.494 e. The summed E-state index contributed by atoms with van der Waals surface area (Å²) in [6.45, 7) is 0.684. The number of hydrogen-bond donors (Lipinski definition) is 1. The summed E-state index contributed by atoms with van der Waals surface area (Å²) < 4.78 is 5.92. The van der Waals surface area contributed by atoms with Crippen molar-refractivity contribution in [1.82, 2.24) is 0 Å². The molecular weight excluding hydrogens is 300 g/mol. The molecule has 0 unspecified atom stereocenters. The van der Waals surface area contributed by atoms with Gasteiger partial charge < -0.3 is 9.84 Å². The average molecular weight is 322 g/mol. The molecule has 3 nitrogen and oxygen atoms in total. The van der Waals surface area contributed by atoms with Crippen molar-refractivity contribution in [3.63, 3.8) is 0 Å². The Morgan fingerprint density at radius 1 is 1.21 bits per heavy atom. The molecule has 1 N–H and O–H groups in total. The topological polar surface area (TPSA) is 46.5 Å². The molecule has 124 valence electrons. The summed E-state index contributed by atoms with van der Waals surface area (Å²) in [6.07, 6.45) is 4.73. The molecule has 2 atom stereocenters. The highest BCUT2D eigenvalue weighted by Gasteiger charge is 2.61. The van der Waals surface area contributed by atoms with E-state index >= 15 is 0 Å². The van der Waals surface area contributed by atoms with Crippen molar-refractivity contribution in [1.29, 1.82) is 0 Å². The first kappa shape index (κ1) is 15.3. The van der Waals surface area contributed by atoms with Crippen LogP contribution >= 0.6 is 0 Å². The molecule has 2 aromatic rings. The molecule has 1 fully saturated rings. The van der Waals surface area contributed by atoms with Crippen LogP contribution in [0.15, 0.2) is 48.5 Å². The zero-order chi connectivity index (χ0) is 16.6. The predicted octanol–water partition coefficient (Wildman–Crippen LogP) is 3.99. The zero-order valence-electron chi connectivity index (χ0n) is 13.7. The van der Waals surface area contributed by atoms with Gasteiger partial charge in [0.05, 0.1) is 12.5 Å².